The summed E-state index contributed by atoms with van der Waals surface area (Å²) in [5, 5.41) is 6.30. The molecular weight excluding hydrogens is 374 g/mol. The number of fused-ring (bicyclic) bond motifs is 1. The second-order valence-electron chi connectivity index (χ2n) is 5.02. The molecule has 0 unspecified atom stereocenters. The fourth-order valence-corrected chi connectivity index (χ4v) is 3.96. The van der Waals surface area contributed by atoms with E-state index in [-0.39, 0.29) is 9.79 Å². The minimum Gasteiger partial charge on any atom is -0.360 e. The molecule has 24 heavy (non-hydrogen) atoms. The number of sulfonamides is 2. The number of nitrogens with two attached hydrogens (primary N) is 1. The molecule has 0 saturated carbocycles. The summed E-state index contributed by atoms with van der Waals surface area (Å²) in [7, 11) is -7.75. The molecule has 3 aromatic rings. The lowest BCUT2D eigenvalue weighted by atomic mass is 10.2. The summed E-state index contributed by atoms with van der Waals surface area (Å²) in [5.74, 6) is 0. The molecule has 0 aliphatic carbocycles. The van der Waals surface area contributed by atoms with Crippen LogP contribution in [0.1, 0.15) is 0 Å². The summed E-state index contributed by atoms with van der Waals surface area (Å²) in [6.45, 7) is 0. The van der Waals surface area contributed by atoms with Crippen molar-refractivity contribution < 1.29 is 16.8 Å². The van der Waals surface area contributed by atoms with E-state index in [1.165, 1.54) is 12.1 Å². The molecule has 4 N–H and O–H groups in total. The Hall–Kier alpha value is -2.07. The molecule has 3 rings (SSSR count). The van der Waals surface area contributed by atoms with Gasteiger partial charge in [0.25, 0.3) is 10.0 Å². The van der Waals surface area contributed by atoms with Crippen molar-refractivity contribution >= 4 is 48.2 Å². The smallest absolute Gasteiger partial charge is 0.261 e. The molecule has 126 valence electrons. The Morgan fingerprint density at radius 3 is 2.21 bits per heavy atom. The van der Waals surface area contributed by atoms with Gasteiger partial charge in [0, 0.05) is 17.1 Å². The van der Waals surface area contributed by atoms with E-state index in [4.69, 9.17) is 16.7 Å². The number of primary sulfonamides is 1. The van der Waals surface area contributed by atoms with Crippen LogP contribution in [0.2, 0.25) is 5.02 Å². The van der Waals surface area contributed by atoms with Crippen LogP contribution in [0.5, 0.6) is 0 Å². The Kier molecular flexibility index (Phi) is 4.04. The van der Waals surface area contributed by atoms with E-state index in [1.54, 1.807) is 24.4 Å². The number of rotatable bonds is 4. The van der Waals surface area contributed by atoms with Gasteiger partial charge in [0.2, 0.25) is 10.0 Å². The Labute approximate surface area is 143 Å². The summed E-state index contributed by atoms with van der Waals surface area (Å²) in [6, 6.07) is 9.50. The summed E-state index contributed by atoms with van der Waals surface area (Å²) < 4.78 is 49.6. The first-order valence-corrected chi connectivity index (χ1v) is 10.00. The monoisotopic (exact) mass is 385 g/mol. The van der Waals surface area contributed by atoms with Gasteiger partial charge >= 0.3 is 0 Å². The minimum absolute atomic E-state index is 0.0838. The average molecular weight is 386 g/mol. The topological polar surface area (TPSA) is 122 Å². The van der Waals surface area contributed by atoms with Crippen molar-refractivity contribution in [1.29, 1.82) is 0 Å². The summed E-state index contributed by atoms with van der Waals surface area (Å²) >= 11 is 5.98. The first kappa shape index (κ1) is 16.8. The number of hydrogen-bond donors (Lipinski definition) is 3. The molecule has 2 aromatic carbocycles. The van der Waals surface area contributed by atoms with Gasteiger partial charge in [-0.3, -0.25) is 4.72 Å². The van der Waals surface area contributed by atoms with Crippen molar-refractivity contribution in [3.05, 3.63) is 53.7 Å². The van der Waals surface area contributed by atoms with Crippen LogP contribution in [-0.2, 0) is 20.0 Å². The van der Waals surface area contributed by atoms with E-state index < -0.39 is 20.0 Å². The van der Waals surface area contributed by atoms with Crippen molar-refractivity contribution in [2.24, 2.45) is 5.14 Å². The lowest BCUT2D eigenvalue weighted by Gasteiger charge is -2.09. The Bertz CT molecular complexity index is 1120. The Morgan fingerprint density at radius 1 is 0.958 bits per heavy atom. The molecule has 0 spiro atoms. The van der Waals surface area contributed by atoms with Gasteiger partial charge in [-0.15, -0.1) is 0 Å². The van der Waals surface area contributed by atoms with Gasteiger partial charge in [0.05, 0.1) is 20.5 Å². The minimum atomic E-state index is -3.88. The maximum Gasteiger partial charge on any atom is 0.261 e. The van der Waals surface area contributed by atoms with Gasteiger partial charge in [-0.05, 0) is 42.5 Å². The predicted octanol–water partition coefficient (Wildman–Crippen LogP) is 2.27. The van der Waals surface area contributed by atoms with Crippen molar-refractivity contribution in [2.75, 3.05) is 4.72 Å². The summed E-state index contributed by atoms with van der Waals surface area (Å²) in [4.78, 5) is 2.68. The van der Waals surface area contributed by atoms with Gasteiger partial charge in [-0.25, -0.2) is 22.0 Å². The highest BCUT2D eigenvalue weighted by Crippen LogP contribution is 2.26. The largest absolute Gasteiger partial charge is 0.360 e. The molecule has 0 aliphatic rings. The van der Waals surface area contributed by atoms with Crippen molar-refractivity contribution in [3.63, 3.8) is 0 Å². The second kappa shape index (κ2) is 5.78. The van der Waals surface area contributed by atoms with Crippen LogP contribution in [0, 0.1) is 0 Å². The Balaban J connectivity index is 1.92. The SMILES string of the molecule is NS(=O)(=O)c1ccc(S(=O)(=O)Nc2ccc3c(Cl)c[nH]c3c2)cc1. The van der Waals surface area contributed by atoms with E-state index in [1.807, 2.05) is 0 Å². The first-order valence-electron chi connectivity index (χ1n) is 6.59. The molecule has 0 fully saturated rings. The van der Waals surface area contributed by atoms with Crippen molar-refractivity contribution in [3.8, 4) is 0 Å². The lowest BCUT2D eigenvalue weighted by Crippen LogP contribution is -2.15. The van der Waals surface area contributed by atoms with Crippen LogP contribution in [-0.4, -0.2) is 21.8 Å². The maximum atomic E-state index is 12.4. The third kappa shape index (κ3) is 3.24. The molecule has 0 bridgehead atoms. The molecule has 10 heteroatoms. The number of benzene rings is 2. The van der Waals surface area contributed by atoms with Crippen LogP contribution in [0.25, 0.3) is 10.9 Å². The summed E-state index contributed by atoms with van der Waals surface area (Å²) in [5.41, 5.74) is 1.03. The number of aromatic nitrogens is 1. The van der Waals surface area contributed by atoms with E-state index >= 15 is 0 Å². The molecule has 1 heterocycles. The van der Waals surface area contributed by atoms with Crippen LogP contribution in [0.15, 0.2) is 58.5 Å². The highest BCUT2D eigenvalue weighted by Gasteiger charge is 2.16. The standard InChI is InChI=1S/C14H12ClN3O4S2/c15-13-8-17-14-7-9(1-6-12(13)14)18-24(21,22)11-4-2-10(3-5-11)23(16,19)20/h1-8,17-18H,(H2,16,19,20). The van der Waals surface area contributed by atoms with E-state index in [9.17, 15) is 16.8 Å². The number of aromatic amines is 1. The zero-order valence-electron chi connectivity index (χ0n) is 12.0. The maximum absolute atomic E-state index is 12.4. The predicted molar refractivity (Wildman–Crippen MR) is 91.9 cm³/mol. The molecule has 1 aromatic heterocycles. The first-order chi connectivity index (χ1) is 11.2. The summed E-state index contributed by atoms with van der Waals surface area (Å²) in [6.07, 6.45) is 1.61. The van der Waals surface area contributed by atoms with Gasteiger partial charge in [0.15, 0.2) is 0 Å². The third-order valence-electron chi connectivity index (χ3n) is 3.35. The highest BCUT2D eigenvalue weighted by molar-refractivity contribution is 7.92. The van der Waals surface area contributed by atoms with E-state index in [2.05, 4.69) is 9.71 Å². The number of anilines is 1. The van der Waals surface area contributed by atoms with E-state index in [0.717, 1.165) is 17.5 Å². The average Bonchev–Trinajstić information content (AvgIpc) is 2.87. The van der Waals surface area contributed by atoms with Crippen molar-refractivity contribution in [1.82, 2.24) is 4.98 Å². The van der Waals surface area contributed by atoms with Crippen LogP contribution in [0.3, 0.4) is 0 Å². The van der Waals surface area contributed by atoms with Gasteiger partial charge in [-0.2, -0.15) is 0 Å². The van der Waals surface area contributed by atoms with Crippen molar-refractivity contribution in [2.45, 2.75) is 9.79 Å². The van der Waals surface area contributed by atoms with Gasteiger partial charge in [-0.1, -0.05) is 11.6 Å². The van der Waals surface area contributed by atoms with E-state index in [0.29, 0.717) is 16.2 Å². The molecule has 0 atom stereocenters. The van der Waals surface area contributed by atoms with Crippen LogP contribution < -0.4 is 9.86 Å². The Morgan fingerprint density at radius 2 is 1.58 bits per heavy atom. The number of halogens is 1. The third-order valence-corrected chi connectivity index (χ3v) is 5.99. The van der Waals surface area contributed by atoms with Gasteiger partial charge in [0.1, 0.15) is 0 Å². The zero-order chi connectivity index (χ0) is 17.5. The number of H-pyrrole nitrogens is 1. The number of nitrogens with one attached hydrogen (secondary N) is 2. The fourth-order valence-electron chi connectivity index (χ4n) is 2.18. The van der Waals surface area contributed by atoms with Gasteiger partial charge < -0.3 is 4.98 Å². The molecule has 7 nitrogen and oxygen atoms in total. The van der Waals surface area contributed by atoms with Crippen LogP contribution >= 0.6 is 11.6 Å². The number of hydrogen-bond acceptors (Lipinski definition) is 4. The molecule has 0 saturated heterocycles. The second-order valence-corrected chi connectivity index (χ2v) is 8.67. The molecule has 0 aliphatic heterocycles. The molecular formula is C14H12ClN3O4S2. The van der Waals surface area contributed by atoms with Crippen LogP contribution in [0.4, 0.5) is 5.69 Å². The molecule has 0 radical (unpaired) electrons. The lowest BCUT2D eigenvalue weighted by molar-refractivity contribution is 0.595. The fraction of sp³-hybridized carbons (Fsp3) is 0. The normalized spacial score (nSPS) is 12.4. The zero-order valence-corrected chi connectivity index (χ0v) is 14.4. The highest BCUT2D eigenvalue weighted by atomic mass is 35.5. The molecule has 0 amide bonds. The quantitative estimate of drug-likeness (QED) is 0.637.